The Kier molecular flexibility index (Phi) is 6.25. The van der Waals surface area contributed by atoms with Gasteiger partial charge in [-0.15, -0.1) is 0 Å². The predicted molar refractivity (Wildman–Crippen MR) is 128 cm³/mol. The Morgan fingerprint density at radius 3 is 2.76 bits per heavy atom. The molecule has 176 valence electrons. The van der Waals surface area contributed by atoms with Crippen molar-refractivity contribution in [2.24, 2.45) is 15.7 Å². The number of amidine groups is 1. The summed E-state index contributed by atoms with van der Waals surface area (Å²) in [6, 6.07) is 8.33. The Morgan fingerprint density at radius 2 is 2.09 bits per heavy atom. The van der Waals surface area contributed by atoms with Gasteiger partial charge in [0.2, 0.25) is 0 Å². The number of likely N-dealkylation sites (tertiary alicyclic amines) is 1. The van der Waals surface area contributed by atoms with Crippen LogP contribution in [0.15, 0.2) is 34.3 Å². The predicted octanol–water partition coefficient (Wildman–Crippen LogP) is 2.30. The number of aliphatic imine (C=N–C) groups is 2. The second kappa shape index (κ2) is 8.97. The van der Waals surface area contributed by atoms with E-state index in [9.17, 15) is 4.79 Å². The summed E-state index contributed by atoms with van der Waals surface area (Å²) in [5.74, 6) is 1.42. The molecule has 0 unspecified atom stereocenters. The minimum Gasteiger partial charge on any atom is -0.491 e. The van der Waals surface area contributed by atoms with Gasteiger partial charge in [0.1, 0.15) is 22.7 Å². The summed E-state index contributed by atoms with van der Waals surface area (Å²) in [6.07, 6.45) is 1.97. The maximum atomic E-state index is 12.1. The number of rotatable bonds is 5. The lowest BCUT2D eigenvalue weighted by atomic mass is 9.86. The molecule has 2 aliphatic heterocycles. The van der Waals surface area contributed by atoms with Crippen LogP contribution in [0.3, 0.4) is 0 Å². The average Bonchev–Trinajstić information content (AvgIpc) is 3.08. The fourth-order valence-electron chi connectivity index (χ4n) is 4.26. The Bertz CT molecular complexity index is 1100. The number of hydrogen-bond donors (Lipinski definition) is 1. The number of carbonyl (C=O) groups excluding carboxylic acids is 1. The van der Waals surface area contributed by atoms with Crippen molar-refractivity contribution in [3.05, 3.63) is 41.2 Å². The molecule has 1 fully saturated rings. The Morgan fingerprint density at radius 1 is 1.33 bits per heavy atom. The van der Waals surface area contributed by atoms with E-state index in [1.165, 1.54) is 19.0 Å². The van der Waals surface area contributed by atoms with Gasteiger partial charge in [-0.3, -0.25) is 14.7 Å². The molecule has 9 heteroatoms. The Hall–Kier alpha value is -3.20. The largest absolute Gasteiger partial charge is 0.491 e. The summed E-state index contributed by atoms with van der Waals surface area (Å²) in [5.41, 5.74) is 8.72. The van der Waals surface area contributed by atoms with E-state index >= 15 is 0 Å². The second-order valence-electron chi connectivity index (χ2n) is 9.24. The van der Waals surface area contributed by atoms with Crippen LogP contribution in [-0.4, -0.2) is 71.2 Å². The Labute approximate surface area is 194 Å². The van der Waals surface area contributed by atoms with Gasteiger partial charge >= 0.3 is 5.97 Å². The smallest absolute Gasteiger partial charge is 0.325 e. The van der Waals surface area contributed by atoms with Crippen LogP contribution in [0.4, 0.5) is 0 Å². The third kappa shape index (κ3) is 4.37. The number of nitrogens with two attached hydrogens (primary N) is 1. The molecule has 0 radical (unpaired) electrons. The minimum absolute atomic E-state index is 0.0724. The first-order valence-corrected chi connectivity index (χ1v) is 11.3. The van der Waals surface area contributed by atoms with Crippen molar-refractivity contribution in [1.29, 1.82) is 0 Å². The van der Waals surface area contributed by atoms with Gasteiger partial charge in [0.25, 0.3) is 0 Å². The van der Waals surface area contributed by atoms with E-state index in [-0.39, 0.29) is 12.0 Å². The summed E-state index contributed by atoms with van der Waals surface area (Å²) in [6.45, 7) is 9.93. The van der Waals surface area contributed by atoms with Gasteiger partial charge in [-0.25, -0.2) is 9.67 Å². The number of aromatic nitrogens is 2. The van der Waals surface area contributed by atoms with Gasteiger partial charge in [-0.05, 0) is 51.5 Å². The first kappa shape index (κ1) is 23.0. The third-order valence-corrected chi connectivity index (χ3v) is 6.24. The number of methoxy groups -OCH3 is 1. The zero-order valence-corrected chi connectivity index (χ0v) is 19.9. The molecule has 0 spiro atoms. The number of hydrogen-bond acceptors (Lipinski definition) is 6. The summed E-state index contributed by atoms with van der Waals surface area (Å²) >= 11 is 0. The maximum Gasteiger partial charge on any atom is 0.325 e. The molecule has 33 heavy (non-hydrogen) atoms. The molecule has 0 saturated carbocycles. The third-order valence-electron chi connectivity index (χ3n) is 6.24. The summed E-state index contributed by atoms with van der Waals surface area (Å²) in [5, 5.41) is 4.82. The van der Waals surface area contributed by atoms with Crippen LogP contribution in [0.5, 0.6) is 5.75 Å². The molecule has 2 aliphatic rings. The molecule has 1 aromatic carbocycles. The van der Waals surface area contributed by atoms with Gasteiger partial charge in [-0.2, -0.15) is 5.10 Å². The lowest BCUT2D eigenvalue weighted by Gasteiger charge is -2.47. The van der Waals surface area contributed by atoms with Crippen molar-refractivity contribution in [1.82, 2.24) is 14.7 Å². The molecule has 2 aromatic rings. The van der Waals surface area contributed by atoms with Crippen LogP contribution >= 0.6 is 0 Å². The highest BCUT2D eigenvalue weighted by atomic mass is 16.5. The van der Waals surface area contributed by atoms with Crippen LogP contribution in [0, 0.1) is 0 Å². The Balaban J connectivity index is 1.64. The standard InChI is InChI=1S/C24H32N6O3/c1-15(2)27-22(26-14-25)19-11-18-8-9-33-21-7-6-16(10-20(21)30(18)28-19)17-12-29(13-17)24(3,4)23(31)32-5/h6-7,10-11,14-15,17H,8-9,12-13H2,1-5H3,(H2,25,26,27). The van der Waals surface area contributed by atoms with E-state index < -0.39 is 5.54 Å². The van der Waals surface area contributed by atoms with Gasteiger partial charge in [-0.1, -0.05) is 6.07 Å². The quantitative estimate of drug-likeness (QED) is 0.424. The topological polar surface area (TPSA) is 107 Å². The van der Waals surface area contributed by atoms with Crippen molar-refractivity contribution in [2.45, 2.75) is 51.6 Å². The van der Waals surface area contributed by atoms with E-state index in [0.29, 0.717) is 24.1 Å². The number of benzene rings is 1. The average molecular weight is 453 g/mol. The molecule has 2 N–H and O–H groups in total. The van der Waals surface area contributed by atoms with Gasteiger partial charge in [0.05, 0.1) is 20.1 Å². The van der Waals surface area contributed by atoms with Gasteiger partial charge < -0.3 is 15.2 Å². The maximum absolute atomic E-state index is 12.1. The highest BCUT2D eigenvalue weighted by Crippen LogP contribution is 2.37. The van der Waals surface area contributed by atoms with E-state index in [1.54, 1.807) is 0 Å². The van der Waals surface area contributed by atoms with Gasteiger partial charge in [0.15, 0.2) is 5.84 Å². The highest BCUT2D eigenvalue weighted by Gasteiger charge is 2.43. The molecular weight excluding hydrogens is 420 g/mol. The first-order valence-electron chi connectivity index (χ1n) is 11.3. The number of ether oxygens (including phenoxy) is 2. The first-order chi connectivity index (χ1) is 15.7. The summed E-state index contributed by atoms with van der Waals surface area (Å²) in [7, 11) is 1.43. The van der Waals surface area contributed by atoms with E-state index in [1.807, 2.05) is 44.5 Å². The van der Waals surface area contributed by atoms with E-state index in [4.69, 9.17) is 20.3 Å². The fraction of sp³-hybridized carbons (Fsp3) is 0.500. The molecule has 0 atom stereocenters. The molecule has 3 heterocycles. The second-order valence-corrected chi connectivity index (χ2v) is 9.24. The van der Waals surface area contributed by atoms with Crippen molar-refractivity contribution in [3.63, 3.8) is 0 Å². The normalized spacial score (nSPS) is 17.3. The monoisotopic (exact) mass is 452 g/mol. The lowest BCUT2D eigenvalue weighted by Crippen LogP contribution is -2.60. The highest BCUT2D eigenvalue weighted by molar-refractivity contribution is 6.01. The zero-order chi connectivity index (χ0) is 23.8. The molecule has 0 amide bonds. The summed E-state index contributed by atoms with van der Waals surface area (Å²) in [4.78, 5) is 23.1. The summed E-state index contributed by atoms with van der Waals surface area (Å²) < 4.78 is 12.9. The van der Waals surface area contributed by atoms with Gasteiger partial charge in [0, 0.05) is 37.2 Å². The SMILES string of the molecule is COC(=O)C(C)(C)N1CC(c2ccc3c(c2)-n2nc(C(N=CN)=NC(C)C)cc2CCO3)C1. The van der Waals surface area contributed by atoms with Crippen LogP contribution in [0.2, 0.25) is 0 Å². The van der Waals surface area contributed by atoms with Crippen LogP contribution in [0.1, 0.15) is 50.6 Å². The zero-order valence-electron chi connectivity index (χ0n) is 19.9. The van der Waals surface area contributed by atoms with Crippen molar-refractivity contribution < 1.29 is 14.3 Å². The molecule has 1 aromatic heterocycles. The molecular formula is C24H32N6O3. The molecule has 4 rings (SSSR count). The van der Waals surface area contributed by atoms with Crippen molar-refractivity contribution >= 4 is 18.1 Å². The minimum atomic E-state index is -0.639. The molecule has 1 saturated heterocycles. The molecule has 0 aliphatic carbocycles. The lowest BCUT2D eigenvalue weighted by molar-refractivity contribution is -0.156. The van der Waals surface area contributed by atoms with Crippen LogP contribution in [0.25, 0.3) is 5.69 Å². The molecule has 0 bridgehead atoms. The number of esters is 1. The number of nitrogens with zero attached hydrogens (tertiary/aromatic N) is 5. The van der Waals surface area contributed by atoms with Crippen LogP contribution < -0.4 is 10.5 Å². The molecule has 9 nitrogen and oxygen atoms in total. The van der Waals surface area contributed by atoms with Crippen molar-refractivity contribution in [3.8, 4) is 11.4 Å². The van der Waals surface area contributed by atoms with E-state index in [2.05, 4.69) is 27.0 Å². The van der Waals surface area contributed by atoms with E-state index in [0.717, 1.165) is 36.6 Å². The number of fused-ring (bicyclic) bond motifs is 3. The number of carbonyl (C=O) groups is 1. The van der Waals surface area contributed by atoms with Crippen molar-refractivity contribution in [2.75, 3.05) is 26.8 Å². The fourth-order valence-corrected chi connectivity index (χ4v) is 4.26. The van der Waals surface area contributed by atoms with Crippen LogP contribution in [-0.2, 0) is 16.0 Å².